The molecule has 142 valence electrons. The zero-order valence-electron chi connectivity index (χ0n) is 13.6. The molecule has 4 nitrogen and oxygen atoms in total. The van der Waals surface area contributed by atoms with E-state index in [1.54, 1.807) is 12.1 Å². The van der Waals surface area contributed by atoms with Gasteiger partial charge in [0.2, 0.25) is 10.0 Å². The van der Waals surface area contributed by atoms with Gasteiger partial charge in [-0.25, -0.2) is 13.1 Å². The lowest BCUT2D eigenvalue weighted by Crippen LogP contribution is -2.24. The fourth-order valence-corrected chi connectivity index (χ4v) is 3.38. The molecule has 0 amide bonds. The first-order chi connectivity index (χ1) is 12.2. The van der Waals surface area contributed by atoms with Crippen LogP contribution < -0.4 is 9.46 Å². The third kappa shape index (κ3) is 6.19. The van der Waals surface area contributed by atoms with Crippen molar-refractivity contribution in [2.24, 2.45) is 0 Å². The molecule has 9 heteroatoms. The number of halogens is 4. The summed E-state index contributed by atoms with van der Waals surface area (Å²) in [6.07, 6.45) is -3.34. The molecule has 0 fully saturated rings. The van der Waals surface area contributed by atoms with E-state index >= 15 is 0 Å². The molecule has 0 heterocycles. The fraction of sp³-hybridized carbons (Fsp3) is 0.294. The number of rotatable bonds is 8. The van der Waals surface area contributed by atoms with Gasteiger partial charge in [-0.1, -0.05) is 30.3 Å². The molecule has 0 atom stereocenters. The van der Waals surface area contributed by atoms with Gasteiger partial charge in [0, 0.05) is 18.0 Å². The van der Waals surface area contributed by atoms with Crippen LogP contribution in [0.15, 0.2) is 53.4 Å². The molecular weight excluding hydrogens is 391 g/mol. The zero-order chi connectivity index (χ0) is 19.2. The Balaban J connectivity index is 2.09. The largest absolute Gasteiger partial charge is 0.573 e. The summed E-state index contributed by atoms with van der Waals surface area (Å²) in [6, 6.07) is 11.6. The van der Waals surface area contributed by atoms with Gasteiger partial charge in [-0.05, 0) is 36.6 Å². The minimum absolute atomic E-state index is 0.0290. The zero-order valence-corrected chi connectivity index (χ0v) is 15.2. The molecule has 0 unspecified atom stereocenters. The number of nitrogens with one attached hydrogen (secondary N) is 1. The number of benzene rings is 2. The van der Waals surface area contributed by atoms with Crippen molar-refractivity contribution < 1.29 is 26.3 Å². The molecule has 0 aliphatic carbocycles. The summed E-state index contributed by atoms with van der Waals surface area (Å²) in [4.78, 5) is 0.0290. The van der Waals surface area contributed by atoms with Crippen LogP contribution in [-0.2, 0) is 23.0 Å². The Morgan fingerprint density at radius 2 is 1.69 bits per heavy atom. The Kier molecular flexibility index (Phi) is 6.91. The maximum atomic E-state index is 12.4. The fourth-order valence-electron chi connectivity index (χ4n) is 2.24. The van der Waals surface area contributed by atoms with Crippen LogP contribution in [0, 0.1) is 0 Å². The maximum Gasteiger partial charge on any atom is 0.573 e. The van der Waals surface area contributed by atoms with Crippen molar-refractivity contribution in [3.8, 4) is 5.75 Å². The first-order valence-corrected chi connectivity index (χ1v) is 9.71. The van der Waals surface area contributed by atoms with Gasteiger partial charge >= 0.3 is 6.36 Å². The van der Waals surface area contributed by atoms with E-state index in [4.69, 9.17) is 11.6 Å². The SMILES string of the molecule is O=S(=O)(NCc1ccccc1OC(F)(F)F)c1ccc(CCCCl)cc1. The van der Waals surface area contributed by atoms with Crippen molar-refractivity contribution in [1.29, 1.82) is 0 Å². The van der Waals surface area contributed by atoms with Gasteiger partial charge in [-0.2, -0.15) is 0 Å². The van der Waals surface area contributed by atoms with E-state index in [1.807, 2.05) is 0 Å². The van der Waals surface area contributed by atoms with Crippen molar-refractivity contribution in [2.75, 3.05) is 5.88 Å². The second kappa shape index (κ2) is 8.75. The first kappa shape index (κ1) is 20.5. The number of sulfonamides is 1. The Morgan fingerprint density at radius 1 is 1.04 bits per heavy atom. The quantitative estimate of drug-likeness (QED) is 0.666. The highest BCUT2D eigenvalue weighted by atomic mass is 35.5. The van der Waals surface area contributed by atoms with Crippen LogP contribution >= 0.6 is 11.6 Å². The number of ether oxygens (including phenoxy) is 1. The molecule has 0 saturated heterocycles. The molecule has 0 aliphatic heterocycles. The summed E-state index contributed by atoms with van der Waals surface area (Å²) in [5, 5.41) is 0. The Morgan fingerprint density at radius 3 is 2.31 bits per heavy atom. The molecule has 26 heavy (non-hydrogen) atoms. The van der Waals surface area contributed by atoms with E-state index in [0.717, 1.165) is 24.5 Å². The van der Waals surface area contributed by atoms with Crippen LogP contribution in [0.2, 0.25) is 0 Å². The van der Waals surface area contributed by atoms with Gasteiger partial charge in [0.05, 0.1) is 4.90 Å². The van der Waals surface area contributed by atoms with Gasteiger partial charge in [-0.3, -0.25) is 0 Å². The highest BCUT2D eigenvalue weighted by Gasteiger charge is 2.32. The van der Waals surface area contributed by atoms with Crippen molar-refractivity contribution >= 4 is 21.6 Å². The Hall–Kier alpha value is -1.77. The summed E-state index contributed by atoms with van der Waals surface area (Å²) in [5.41, 5.74) is 1.03. The molecular formula is C17H17ClF3NO3S. The van der Waals surface area contributed by atoms with Crippen LogP contribution in [0.1, 0.15) is 17.5 Å². The molecule has 2 aromatic carbocycles. The summed E-state index contributed by atoms with van der Waals surface area (Å²) < 4.78 is 68.1. The maximum absolute atomic E-state index is 12.4. The summed E-state index contributed by atoms with van der Waals surface area (Å²) in [6.45, 7) is -0.331. The average Bonchev–Trinajstić information content (AvgIpc) is 2.58. The second-order valence-electron chi connectivity index (χ2n) is 5.42. The standard InChI is InChI=1S/C17H17ClF3NO3S/c18-11-3-4-13-7-9-15(10-8-13)26(23,24)22-12-14-5-1-2-6-16(14)25-17(19,20)21/h1-2,5-10,22H,3-4,11-12H2. The molecule has 0 aliphatic rings. The highest BCUT2D eigenvalue weighted by molar-refractivity contribution is 7.89. The summed E-state index contributed by atoms with van der Waals surface area (Å²) in [5.74, 6) is 0.0696. The van der Waals surface area contributed by atoms with E-state index in [9.17, 15) is 21.6 Å². The van der Waals surface area contributed by atoms with E-state index < -0.39 is 22.1 Å². The predicted molar refractivity (Wildman–Crippen MR) is 92.6 cm³/mol. The Labute approximate surface area is 155 Å². The molecule has 1 N–H and O–H groups in total. The van der Waals surface area contributed by atoms with E-state index in [1.165, 1.54) is 30.3 Å². The first-order valence-electron chi connectivity index (χ1n) is 7.69. The molecule has 2 aromatic rings. The lowest BCUT2D eigenvalue weighted by molar-refractivity contribution is -0.274. The van der Waals surface area contributed by atoms with E-state index in [-0.39, 0.29) is 17.0 Å². The van der Waals surface area contributed by atoms with Gasteiger partial charge in [0.15, 0.2) is 0 Å². The lowest BCUT2D eigenvalue weighted by Gasteiger charge is -2.14. The highest BCUT2D eigenvalue weighted by Crippen LogP contribution is 2.26. The van der Waals surface area contributed by atoms with Crippen molar-refractivity contribution in [1.82, 2.24) is 4.72 Å². The predicted octanol–water partition coefficient (Wildman–Crippen LogP) is 4.24. The van der Waals surface area contributed by atoms with Gasteiger partial charge in [-0.15, -0.1) is 24.8 Å². The normalized spacial score (nSPS) is 12.2. The summed E-state index contributed by atoms with van der Waals surface area (Å²) in [7, 11) is -3.87. The van der Waals surface area contributed by atoms with Crippen molar-refractivity contribution in [2.45, 2.75) is 30.6 Å². The van der Waals surface area contributed by atoms with Crippen LogP contribution in [0.5, 0.6) is 5.75 Å². The van der Waals surface area contributed by atoms with E-state index in [2.05, 4.69) is 9.46 Å². The van der Waals surface area contributed by atoms with Crippen molar-refractivity contribution in [3.63, 3.8) is 0 Å². The van der Waals surface area contributed by atoms with Gasteiger partial charge < -0.3 is 4.74 Å². The number of aryl methyl sites for hydroxylation is 1. The molecule has 0 bridgehead atoms. The minimum atomic E-state index is -4.85. The third-order valence-corrected chi connectivity index (χ3v) is 5.17. The number of hydrogen-bond donors (Lipinski definition) is 1. The van der Waals surface area contributed by atoms with Crippen molar-refractivity contribution in [3.05, 3.63) is 59.7 Å². The molecule has 0 saturated carbocycles. The molecule has 0 spiro atoms. The second-order valence-corrected chi connectivity index (χ2v) is 7.56. The smallest absolute Gasteiger partial charge is 0.405 e. The number of alkyl halides is 4. The molecule has 0 aromatic heterocycles. The molecule has 2 rings (SSSR count). The molecule has 0 radical (unpaired) electrons. The van der Waals surface area contributed by atoms with Crippen LogP contribution in [0.3, 0.4) is 0 Å². The Bertz CT molecular complexity index is 824. The van der Waals surface area contributed by atoms with Gasteiger partial charge in [0.1, 0.15) is 5.75 Å². The summed E-state index contributed by atoms with van der Waals surface area (Å²) >= 11 is 5.62. The minimum Gasteiger partial charge on any atom is -0.405 e. The average molecular weight is 408 g/mol. The van der Waals surface area contributed by atoms with Crippen LogP contribution in [0.25, 0.3) is 0 Å². The van der Waals surface area contributed by atoms with E-state index in [0.29, 0.717) is 5.88 Å². The van der Waals surface area contributed by atoms with Crippen LogP contribution in [0.4, 0.5) is 13.2 Å². The monoisotopic (exact) mass is 407 g/mol. The number of para-hydroxylation sites is 1. The van der Waals surface area contributed by atoms with Gasteiger partial charge in [0.25, 0.3) is 0 Å². The van der Waals surface area contributed by atoms with Crippen LogP contribution in [-0.4, -0.2) is 20.7 Å². The lowest BCUT2D eigenvalue weighted by atomic mass is 10.1. The topological polar surface area (TPSA) is 55.4 Å². The third-order valence-electron chi connectivity index (χ3n) is 3.48. The number of hydrogen-bond acceptors (Lipinski definition) is 3.